The van der Waals surface area contributed by atoms with Gasteiger partial charge in [-0.15, -0.1) is 6.58 Å². The molecular weight excluding hydrogens is 263 g/mol. The van der Waals surface area contributed by atoms with Gasteiger partial charge in [0.1, 0.15) is 0 Å². The topological polar surface area (TPSA) is 57.4 Å². The summed E-state index contributed by atoms with van der Waals surface area (Å²) >= 11 is 0. The predicted octanol–water partition coefficient (Wildman–Crippen LogP) is 2.91. The predicted molar refractivity (Wildman–Crippen MR) is 86.5 cm³/mol. The van der Waals surface area contributed by atoms with Gasteiger partial charge in [0.25, 0.3) is 0 Å². The quantitative estimate of drug-likeness (QED) is 0.683. The molecule has 21 heavy (non-hydrogen) atoms. The Hall–Kier alpha value is -1.43. The third-order valence-electron chi connectivity index (χ3n) is 4.08. The molecule has 112 valence electrons. The molecule has 1 saturated heterocycles. The molecule has 1 aliphatic rings. The summed E-state index contributed by atoms with van der Waals surface area (Å²) < 4.78 is 11.8. The standard InChI is InChI=1S/C16H23BN2O2/c1-6-13(18)14-9-7-8-12(19-14)10-11-17-20-15(2,3)16(4,5)21-17/h6-11,13H,1,18H2,2-5H3/b11-10+/t13-/m1/s1. The summed E-state index contributed by atoms with van der Waals surface area (Å²) in [5.41, 5.74) is 6.85. The van der Waals surface area contributed by atoms with Crippen molar-refractivity contribution in [1.82, 2.24) is 4.98 Å². The van der Waals surface area contributed by atoms with Gasteiger partial charge in [-0.1, -0.05) is 18.1 Å². The van der Waals surface area contributed by atoms with Gasteiger partial charge in [-0.2, -0.15) is 0 Å². The van der Waals surface area contributed by atoms with E-state index in [0.29, 0.717) is 0 Å². The molecule has 4 nitrogen and oxygen atoms in total. The maximum Gasteiger partial charge on any atom is 0.487 e. The van der Waals surface area contributed by atoms with Crippen molar-refractivity contribution < 1.29 is 9.31 Å². The van der Waals surface area contributed by atoms with Gasteiger partial charge in [-0.3, -0.25) is 4.98 Å². The summed E-state index contributed by atoms with van der Waals surface area (Å²) in [5.74, 6) is 1.88. The van der Waals surface area contributed by atoms with Crippen LogP contribution in [0.4, 0.5) is 0 Å². The largest absolute Gasteiger partial charge is 0.487 e. The van der Waals surface area contributed by atoms with Crippen LogP contribution in [0.1, 0.15) is 45.1 Å². The number of nitrogens with two attached hydrogens (primary N) is 1. The summed E-state index contributed by atoms with van der Waals surface area (Å²) in [6.45, 7) is 11.8. The van der Waals surface area contributed by atoms with Gasteiger partial charge in [0.15, 0.2) is 0 Å². The smallest absolute Gasteiger partial charge is 0.400 e. The van der Waals surface area contributed by atoms with E-state index in [0.717, 1.165) is 11.4 Å². The lowest BCUT2D eigenvalue weighted by molar-refractivity contribution is 0.00578. The maximum absolute atomic E-state index is 5.91. The molecule has 0 saturated carbocycles. The molecule has 1 aliphatic heterocycles. The zero-order valence-electron chi connectivity index (χ0n) is 13.2. The van der Waals surface area contributed by atoms with E-state index in [1.165, 1.54) is 0 Å². The molecule has 2 N–H and O–H groups in total. The first-order valence-electron chi connectivity index (χ1n) is 7.14. The van der Waals surface area contributed by atoms with E-state index in [1.54, 1.807) is 6.08 Å². The van der Waals surface area contributed by atoms with Crippen molar-refractivity contribution in [3.63, 3.8) is 0 Å². The Labute approximate surface area is 127 Å². The highest BCUT2D eigenvalue weighted by Crippen LogP contribution is 2.36. The summed E-state index contributed by atoms with van der Waals surface area (Å²) in [6, 6.07) is 5.48. The second-order valence-corrected chi connectivity index (χ2v) is 6.23. The van der Waals surface area contributed by atoms with E-state index in [2.05, 4.69) is 11.6 Å². The van der Waals surface area contributed by atoms with Crippen molar-refractivity contribution in [3.8, 4) is 0 Å². The Morgan fingerprint density at radius 2 is 1.86 bits per heavy atom. The first-order valence-corrected chi connectivity index (χ1v) is 7.14. The molecule has 0 aliphatic carbocycles. The zero-order chi connectivity index (χ0) is 15.7. The minimum absolute atomic E-state index is 0.254. The van der Waals surface area contributed by atoms with E-state index in [4.69, 9.17) is 15.0 Å². The van der Waals surface area contributed by atoms with Gasteiger partial charge >= 0.3 is 7.12 Å². The second kappa shape index (κ2) is 5.75. The molecule has 1 aromatic rings. The van der Waals surface area contributed by atoms with Crippen molar-refractivity contribution in [1.29, 1.82) is 0 Å². The number of pyridine rings is 1. The molecule has 0 bridgehead atoms. The minimum atomic E-state index is -0.367. The molecule has 0 radical (unpaired) electrons. The lowest BCUT2D eigenvalue weighted by atomic mass is 9.89. The third kappa shape index (κ3) is 3.43. The average molecular weight is 286 g/mol. The van der Waals surface area contributed by atoms with Gasteiger partial charge in [-0.05, 0) is 45.9 Å². The van der Waals surface area contributed by atoms with Crippen LogP contribution in [-0.2, 0) is 9.31 Å². The van der Waals surface area contributed by atoms with Crippen molar-refractivity contribution in [2.45, 2.75) is 44.9 Å². The van der Waals surface area contributed by atoms with Crippen LogP contribution in [0.5, 0.6) is 0 Å². The molecule has 5 heteroatoms. The van der Waals surface area contributed by atoms with E-state index < -0.39 is 0 Å². The van der Waals surface area contributed by atoms with Crippen LogP contribution in [-0.4, -0.2) is 23.3 Å². The van der Waals surface area contributed by atoms with Crippen LogP contribution in [0.2, 0.25) is 0 Å². The SMILES string of the molecule is C=C[C@@H](N)c1cccc(/C=C/B2OC(C)(C)C(C)(C)O2)n1. The van der Waals surface area contributed by atoms with Gasteiger partial charge in [-0.25, -0.2) is 0 Å². The maximum atomic E-state index is 5.91. The van der Waals surface area contributed by atoms with E-state index >= 15 is 0 Å². The molecule has 0 aromatic carbocycles. The van der Waals surface area contributed by atoms with Gasteiger partial charge < -0.3 is 15.0 Å². The lowest BCUT2D eigenvalue weighted by Gasteiger charge is -2.32. The molecule has 0 amide bonds. The fourth-order valence-corrected chi connectivity index (χ4v) is 2.01. The van der Waals surface area contributed by atoms with Crippen molar-refractivity contribution in [2.24, 2.45) is 5.73 Å². The monoisotopic (exact) mass is 286 g/mol. The highest BCUT2D eigenvalue weighted by Gasteiger charge is 2.49. The van der Waals surface area contributed by atoms with E-state index in [-0.39, 0.29) is 24.4 Å². The number of aromatic nitrogens is 1. The number of hydrogen-bond donors (Lipinski definition) is 1. The molecular formula is C16H23BN2O2. The minimum Gasteiger partial charge on any atom is -0.400 e. The molecule has 1 fully saturated rings. The molecule has 0 unspecified atom stereocenters. The summed E-state index contributed by atoms with van der Waals surface area (Å²) in [6.07, 6.45) is 3.56. The summed E-state index contributed by atoms with van der Waals surface area (Å²) in [7, 11) is -0.367. The van der Waals surface area contributed by atoms with Gasteiger partial charge in [0.05, 0.1) is 28.6 Å². The van der Waals surface area contributed by atoms with Crippen LogP contribution in [0, 0.1) is 0 Å². The molecule has 1 atom stereocenters. The molecule has 0 spiro atoms. The van der Waals surface area contributed by atoms with E-state index in [9.17, 15) is 0 Å². The molecule has 1 aromatic heterocycles. The number of rotatable bonds is 4. The fourth-order valence-electron chi connectivity index (χ4n) is 2.01. The van der Waals surface area contributed by atoms with Crippen LogP contribution in [0.25, 0.3) is 6.08 Å². The van der Waals surface area contributed by atoms with Gasteiger partial charge in [0.2, 0.25) is 0 Å². The van der Waals surface area contributed by atoms with Gasteiger partial charge in [0, 0.05) is 0 Å². The number of nitrogens with zero attached hydrogens (tertiary/aromatic N) is 1. The first-order chi connectivity index (χ1) is 9.75. The van der Waals surface area contributed by atoms with Crippen LogP contribution in [0.3, 0.4) is 0 Å². The van der Waals surface area contributed by atoms with Crippen LogP contribution >= 0.6 is 0 Å². The van der Waals surface area contributed by atoms with Crippen molar-refractivity contribution in [2.75, 3.05) is 0 Å². The Kier molecular flexibility index (Phi) is 4.37. The van der Waals surface area contributed by atoms with Crippen molar-refractivity contribution in [3.05, 3.63) is 48.2 Å². The highest BCUT2D eigenvalue weighted by atomic mass is 16.7. The van der Waals surface area contributed by atoms with Crippen LogP contribution in [0.15, 0.2) is 36.8 Å². The number of hydrogen-bond acceptors (Lipinski definition) is 4. The summed E-state index contributed by atoms with van der Waals surface area (Å²) in [4.78, 5) is 4.48. The lowest BCUT2D eigenvalue weighted by Crippen LogP contribution is -2.41. The normalized spacial score (nSPS) is 21.7. The Bertz CT molecular complexity index is 539. The van der Waals surface area contributed by atoms with E-state index in [1.807, 2.05) is 57.9 Å². The molecule has 2 heterocycles. The molecule has 2 rings (SSSR count). The summed E-state index contributed by atoms with van der Waals surface area (Å²) in [5, 5.41) is 0. The Morgan fingerprint density at radius 3 is 2.43 bits per heavy atom. The second-order valence-electron chi connectivity index (χ2n) is 6.23. The zero-order valence-corrected chi connectivity index (χ0v) is 13.2. The Balaban J connectivity index is 2.11. The Morgan fingerprint density at radius 1 is 1.24 bits per heavy atom. The first kappa shape index (κ1) is 16.0. The average Bonchev–Trinajstić information content (AvgIpc) is 2.64. The highest BCUT2D eigenvalue weighted by molar-refractivity contribution is 6.52. The third-order valence-corrected chi connectivity index (χ3v) is 4.08. The fraction of sp³-hybridized carbons (Fsp3) is 0.438. The van der Waals surface area contributed by atoms with Crippen molar-refractivity contribution >= 4 is 13.2 Å². The van der Waals surface area contributed by atoms with Crippen LogP contribution < -0.4 is 5.73 Å².